The van der Waals surface area contributed by atoms with Crippen molar-refractivity contribution >= 4 is 21.8 Å². The molecule has 0 aromatic heterocycles. The predicted molar refractivity (Wildman–Crippen MR) is 116 cm³/mol. The number of carbonyl (C=O) groups is 1. The number of nitrogens with zero attached hydrogens (tertiary/aromatic N) is 2. The topological polar surface area (TPSA) is 44.8 Å². The van der Waals surface area contributed by atoms with Crippen molar-refractivity contribution in [3.05, 3.63) is 64.6 Å². The smallest absolute Gasteiger partial charge is 0.234 e. The molecule has 6 heteroatoms. The number of ether oxygens (including phenoxy) is 1. The van der Waals surface area contributed by atoms with E-state index in [1.165, 1.54) is 0 Å². The number of para-hydroxylation sites is 1. The monoisotopic (exact) mass is 445 g/mol. The van der Waals surface area contributed by atoms with E-state index in [1.807, 2.05) is 61.5 Å². The quantitative estimate of drug-likeness (QED) is 0.676. The average Bonchev–Trinajstić information content (AvgIpc) is 2.70. The van der Waals surface area contributed by atoms with Crippen LogP contribution in [0.4, 0.5) is 0 Å². The summed E-state index contributed by atoms with van der Waals surface area (Å²) in [7, 11) is 0. The van der Waals surface area contributed by atoms with Gasteiger partial charge in [0.05, 0.1) is 12.6 Å². The minimum absolute atomic E-state index is 0.0111. The van der Waals surface area contributed by atoms with Crippen molar-refractivity contribution in [2.75, 3.05) is 45.9 Å². The summed E-state index contributed by atoms with van der Waals surface area (Å²) >= 11 is 3.44. The van der Waals surface area contributed by atoms with Crippen LogP contribution in [0.3, 0.4) is 0 Å². The number of hydrogen-bond donors (Lipinski definition) is 1. The second-order valence-corrected chi connectivity index (χ2v) is 8.04. The molecule has 1 aliphatic rings. The van der Waals surface area contributed by atoms with E-state index in [1.54, 1.807) is 0 Å². The predicted octanol–water partition coefficient (Wildman–Crippen LogP) is 3.32. The van der Waals surface area contributed by atoms with Gasteiger partial charge in [0.1, 0.15) is 12.4 Å². The standard InChI is InChI=1S/C22H28BrN3O2/c1-18(19-7-9-20(23)10-8-19)24-22(27)17-26-13-11-25(12-14-26)15-16-28-21-5-3-2-4-6-21/h2-10,18H,11-17H2,1H3,(H,24,27). The Labute approximate surface area is 175 Å². The third kappa shape index (κ3) is 6.62. The Kier molecular flexibility index (Phi) is 7.89. The fourth-order valence-electron chi connectivity index (χ4n) is 3.31. The lowest BCUT2D eigenvalue weighted by Gasteiger charge is -2.34. The van der Waals surface area contributed by atoms with Gasteiger partial charge in [0.25, 0.3) is 0 Å². The minimum Gasteiger partial charge on any atom is -0.492 e. The zero-order valence-electron chi connectivity index (χ0n) is 16.3. The first kappa shape index (κ1) is 20.8. The maximum Gasteiger partial charge on any atom is 0.234 e. The van der Waals surface area contributed by atoms with Crippen molar-refractivity contribution in [2.24, 2.45) is 0 Å². The molecule has 3 rings (SSSR count). The van der Waals surface area contributed by atoms with Gasteiger partial charge >= 0.3 is 0 Å². The Hall–Kier alpha value is -1.89. The summed E-state index contributed by atoms with van der Waals surface area (Å²) in [5.74, 6) is 0.994. The molecule has 1 N–H and O–H groups in total. The Morgan fingerprint density at radius 2 is 1.68 bits per heavy atom. The van der Waals surface area contributed by atoms with Gasteiger partial charge in [0.2, 0.25) is 5.91 Å². The number of hydrogen-bond acceptors (Lipinski definition) is 4. The van der Waals surface area contributed by atoms with E-state index < -0.39 is 0 Å². The highest BCUT2D eigenvalue weighted by molar-refractivity contribution is 9.10. The summed E-state index contributed by atoms with van der Waals surface area (Å²) in [4.78, 5) is 17.0. The number of halogens is 1. The van der Waals surface area contributed by atoms with Crippen LogP contribution in [0, 0.1) is 0 Å². The summed E-state index contributed by atoms with van der Waals surface area (Å²) in [6, 6.07) is 18.0. The normalized spacial score (nSPS) is 16.5. The highest BCUT2D eigenvalue weighted by atomic mass is 79.9. The van der Waals surface area contributed by atoms with Crippen LogP contribution in [-0.4, -0.2) is 61.6 Å². The number of benzene rings is 2. The van der Waals surface area contributed by atoms with Crippen molar-refractivity contribution < 1.29 is 9.53 Å². The molecule has 5 nitrogen and oxygen atoms in total. The molecule has 0 saturated carbocycles. The molecular weight excluding hydrogens is 418 g/mol. The second kappa shape index (κ2) is 10.6. The van der Waals surface area contributed by atoms with Gasteiger partial charge in [-0.1, -0.05) is 46.3 Å². The molecule has 1 heterocycles. The fourth-order valence-corrected chi connectivity index (χ4v) is 3.57. The highest BCUT2D eigenvalue weighted by Gasteiger charge is 2.19. The minimum atomic E-state index is 0.0111. The number of amides is 1. The van der Waals surface area contributed by atoms with Gasteiger partial charge in [-0.2, -0.15) is 0 Å². The first-order valence-electron chi connectivity index (χ1n) is 9.77. The lowest BCUT2D eigenvalue weighted by atomic mass is 10.1. The van der Waals surface area contributed by atoms with Crippen molar-refractivity contribution in [3.63, 3.8) is 0 Å². The third-order valence-corrected chi connectivity index (χ3v) is 5.53. The molecule has 2 aromatic rings. The van der Waals surface area contributed by atoms with Gasteiger partial charge < -0.3 is 10.1 Å². The van der Waals surface area contributed by atoms with Gasteiger partial charge in [-0.15, -0.1) is 0 Å². The lowest BCUT2D eigenvalue weighted by molar-refractivity contribution is -0.123. The van der Waals surface area contributed by atoms with Crippen molar-refractivity contribution in [1.82, 2.24) is 15.1 Å². The Balaban J connectivity index is 1.33. The van der Waals surface area contributed by atoms with Crippen LogP contribution in [-0.2, 0) is 4.79 Å². The molecule has 2 aromatic carbocycles. The molecule has 28 heavy (non-hydrogen) atoms. The maximum absolute atomic E-state index is 12.4. The van der Waals surface area contributed by atoms with Crippen molar-refractivity contribution in [3.8, 4) is 5.75 Å². The first-order chi connectivity index (χ1) is 13.6. The summed E-state index contributed by atoms with van der Waals surface area (Å²) in [5, 5.41) is 3.10. The maximum atomic E-state index is 12.4. The second-order valence-electron chi connectivity index (χ2n) is 7.12. The number of nitrogens with one attached hydrogen (secondary N) is 1. The molecule has 0 bridgehead atoms. The SMILES string of the molecule is CC(NC(=O)CN1CCN(CCOc2ccccc2)CC1)c1ccc(Br)cc1. The van der Waals surface area contributed by atoms with Crippen LogP contribution in [0.2, 0.25) is 0 Å². The Morgan fingerprint density at radius 1 is 1.04 bits per heavy atom. The first-order valence-corrected chi connectivity index (χ1v) is 10.6. The molecule has 0 radical (unpaired) electrons. The van der Waals surface area contributed by atoms with Crippen LogP contribution >= 0.6 is 15.9 Å². The molecule has 1 saturated heterocycles. The molecule has 1 aliphatic heterocycles. The van der Waals surface area contributed by atoms with E-state index >= 15 is 0 Å². The van der Waals surface area contributed by atoms with Crippen LogP contribution in [0.25, 0.3) is 0 Å². The molecule has 1 fully saturated rings. The molecular formula is C22H28BrN3O2. The van der Waals surface area contributed by atoms with E-state index in [9.17, 15) is 4.79 Å². The summed E-state index contributed by atoms with van der Waals surface area (Å²) < 4.78 is 6.81. The van der Waals surface area contributed by atoms with E-state index in [0.29, 0.717) is 13.2 Å². The molecule has 150 valence electrons. The fraction of sp³-hybridized carbons (Fsp3) is 0.409. The zero-order valence-corrected chi connectivity index (χ0v) is 17.9. The van der Waals surface area contributed by atoms with Gasteiger partial charge in [0.15, 0.2) is 0 Å². The summed E-state index contributed by atoms with van der Waals surface area (Å²) in [6.07, 6.45) is 0. The summed E-state index contributed by atoms with van der Waals surface area (Å²) in [6.45, 7) is 7.82. The number of piperazine rings is 1. The van der Waals surface area contributed by atoms with Gasteiger partial charge in [-0.25, -0.2) is 0 Å². The largest absolute Gasteiger partial charge is 0.492 e. The molecule has 0 spiro atoms. The van der Waals surface area contributed by atoms with Crippen LogP contribution in [0.1, 0.15) is 18.5 Å². The third-order valence-electron chi connectivity index (χ3n) is 5.00. The molecule has 1 unspecified atom stereocenters. The Morgan fingerprint density at radius 3 is 2.36 bits per heavy atom. The number of carbonyl (C=O) groups excluding carboxylic acids is 1. The summed E-state index contributed by atoms with van der Waals surface area (Å²) in [5.41, 5.74) is 1.11. The van der Waals surface area contributed by atoms with Gasteiger partial charge in [0, 0.05) is 37.2 Å². The lowest BCUT2D eigenvalue weighted by Crippen LogP contribution is -2.50. The molecule has 1 amide bonds. The van der Waals surface area contributed by atoms with E-state index in [2.05, 4.69) is 31.0 Å². The van der Waals surface area contributed by atoms with Crippen molar-refractivity contribution in [2.45, 2.75) is 13.0 Å². The van der Waals surface area contributed by atoms with Gasteiger partial charge in [-0.3, -0.25) is 14.6 Å². The van der Waals surface area contributed by atoms with E-state index in [0.717, 1.165) is 48.5 Å². The molecule has 0 aliphatic carbocycles. The van der Waals surface area contributed by atoms with Crippen molar-refractivity contribution in [1.29, 1.82) is 0 Å². The Bertz CT molecular complexity index is 731. The zero-order chi connectivity index (χ0) is 19.8. The van der Waals surface area contributed by atoms with Crippen LogP contribution in [0.15, 0.2) is 59.1 Å². The van der Waals surface area contributed by atoms with Crippen LogP contribution < -0.4 is 10.1 Å². The van der Waals surface area contributed by atoms with Gasteiger partial charge in [-0.05, 0) is 36.8 Å². The van der Waals surface area contributed by atoms with Crippen LogP contribution in [0.5, 0.6) is 5.75 Å². The van der Waals surface area contributed by atoms with E-state index in [-0.39, 0.29) is 11.9 Å². The highest BCUT2D eigenvalue weighted by Crippen LogP contribution is 2.16. The molecule has 1 atom stereocenters. The van der Waals surface area contributed by atoms with E-state index in [4.69, 9.17) is 4.74 Å². The average molecular weight is 446 g/mol. The number of rotatable bonds is 8.